The number of rotatable bonds is 6. The maximum atomic E-state index is 10.6. The first-order chi connectivity index (χ1) is 16.0. The number of anilines is 3. The summed E-state index contributed by atoms with van der Waals surface area (Å²) in [7, 11) is 0. The van der Waals surface area contributed by atoms with Crippen molar-refractivity contribution in [1.29, 1.82) is 0 Å². The zero-order chi connectivity index (χ0) is 22.9. The number of nitrogens with one attached hydrogen (secondary N) is 2. The molecule has 3 atom stereocenters. The smallest absolute Gasteiger partial charge is 0.229 e. The fourth-order valence-corrected chi connectivity index (χ4v) is 5.46. The van der Waals surface area contributed by atoms with E-state index < -0.39 is 6.10 Å². The van der Waals surface area contributed by atoms with Gasteiger partial charge in [0.15, 0.2) is 0 Å². The van der Waals surface area contributed by atoms with Crippen molar-refractivity contribution in [1.82, 2.24) is 15.0 Å². The first-order valence-electron chi connectivity index (χ1n) is 11.1. The van der Waals surface area contributed by atoms with Crippen LogP contribution in [0.5, 0.6) is 0 Å². The third kappa shape index (κ3) is 4.42. The van der Waals surface area contributed by atoms with E-state index >= 15 is 0 Å². The van der Waals surface area contributed by atoms with Crippen LogP contribution in [-0.2, 0) is 0 Å². The Morgan fingerprint density at radius 3 is 2.55 bits per heavy atom. The number of aliphatic hydroxyl groups is 2. The Labute approximate surface area is 196 Å². The van der Waals surface area contributed by atoms with E-state index in [1.54, 1.807) is 11.3 Å². The lowest BCUT2D eigenvalue weighted by atomic mass is 10.1. The van der Waals surface area contributed by atoms with Crippen LogP contribution in [0.15, 0.2) is 48.5 Å². The van der Waals surface area contributed by atoms with Crippen molar-refractivity contribution in [2.45, 2.75) is 38.8 Å². The van der Waals surface area contributed by atoms with Crippen LogP contribution in [0.25, 0.3) is 20.8 Å². The number of fused-ring (bicyclic) bond motifs is 1. The van der Waals surface area contributed by atoms with Crippen LogP contribution < -0.4 is 10.6 Å². The van der Waals surface area contributed by atoms with E-state index in [2.05, 4.69) is 16.7 Å². The van der Waals surface area contributed by atoms with E-state index in [1.165, 1.54) is 0 Å². The Morgan fingerprint density at radius 2 is 1.79 bits per heavy atom. The van der Waals surface area contributed by atoms with Gasteiger partial charge in [0.25, 0.3) is 0 Å². The summed E-state index contributed by atoms with van der Waals surface area (Å²) in [6.07, 6.45) is 0.706. The first kappa shape index (κ1) is 21.8. The number of thiazole rings is 1. The zero-order valence-electron chi connectivity index (χ0n) is 18.6. The van der Waals surface area contributed by atoms with Gasteiger partial charge < -0.3 is 20.8 Å². The van der Waals surface area contributed by atoms with Crippen LogP contribution >= 0.6 is 11.3 Å². The molecule has 1 saturated carbocycles. The van der Waals surface area contributed by atoms with Gasteiger partial charge in [-0.1, -0.05) is 30.3 Å². The number of benzene rings is 2. The highest BCUT2D eigenvalue weighted by molar-refractivity contribution is 7.21. The molecule has 0 spiro atoms. The van der Waals surface area contributed by atoms with E-state index in [0.717, 1.165) is 37.7 Å². The molecule has 5 rings (SSSR count). The maximum absolute atomic E-state index is 10.6. The van der Waals surface area contributed by atoms with Crippen LogP contribution in [-0.4, -0.2) is 43.9 Å². The average molecular weight is 462 g/mol. The first-order valence-corrected chi connectivity index (χ1v) is 12.0. The molecule has 0 bridgehead atoms. The Bertz CT molecular complexity index is 1260. The molecule has 7 nitrogen and oxygen atoms in total. The number of aromatic nitrogens is 3. The SMILES string of the molecule is Cc1ccccc1Nc1nc(C)c(-c2nc3ccccc3s2)c(N[C@@H]2C[C@H](CO)C[C@H]2O)n1. The quantitative estimate of drug-likeness (QED) is 0.331. The van der Waals surface area contributed by atoms with Crippen molar-refractivity contribution >= 4 is 39.0 Å². The molecule has 1 fully saturated rings. The highest BCUT2D eigenvalue weighted by Crippen LogP contribution is 2.38. The highest BCUT2D eigenvalue weighted by atomic mass is 32.1. The molecule has 0 aliphatic heterocycles. The molecule has 0 unspecified atom stereocenters. The second kappa shape index (κ2) is 9.05. The largest absolute Gasteiger partial charge is 0.396 e. The molecule has 1 aliphatic carbocycles. The molecular formula is C25H27N5O2S. The van der Waals surface area contributed by atoms with E-state index in [4.69, 9.17) is 15.0 Å². The molecule has 8 heteroatoms. The summed E-state index contributed by atoms with van der Waals surface area (Å²) in [5, 5.41) is 27.8. The van der Waals surface area contributed by atoms with Crippen molar-refractivity contribution in [3.63, 3.8) is 0 Å². The van der Waals surface area contributed by atoms with Crippen LogP contribution in [0.2, 0.25) is 0 Å². The van der Waals surface area contributed by atoms with Crippen LogP contribution in [0, 0.1) is 19.8 Å². The van der Waals surface area contributed by atoms with Gasteiger partial charge in [0.05, 0.1) is 33.6 Å². The third-order valence-corrected chi connectivity index (χ3v) is 7.25. The Balaban J connectivity index is 1.57. The van der Waals surface area contributed by atoms with E-state index in [-0.39, 0.29) is 18.6 Å². The molecule has 0 radical (unpaired) electrons. The zero-order valence-corrected chi connectivity index (χ0v) is 19.4. The lowest BCUT2D eigenvalue weighted by Crippen LogP contribution is -2.29. The number of para-hydroxylation sites is 2. The summed E-state index contributed by atoms with van der Waals surface area (Å²) in [6, 6.07) is 15.8. The molecule has 1 aliphatic rings. The van der Waals surface area contributed by atoms with Gasteiger partial charge in [-0.3, -0.25) is 0 Å². The molecular weight excluding hydrogens is 434 g/mol. The van der Waals surface area contributed by atoms with Gasteiger partial charge in [-0.2, -0.15) is 4.98 Å². The summed E-state index contributed by atoms with van der Waals surface area (Å²) >= 11 is 1.60. The Kier molecular flexibility index (Phi) is 5.97. The standard InChI is InChI=1S/C25H27N5O2S/c1-14-7-3-4-8-17(14)29-25-26-15(2)22(24-28-18-9-5-6-10-21(18)33-24)23(30-25)27-19-11-16(13-31)12-20(19)32/h3-10,16,19-20,31-32H,11-13H2,1-2H3,(H2,26,27,29,30)/t16-,19+,20+/m0/s1. The Hall–Kier alpha value is -3.07. The summed E-state index contributed by atoms with van der Waals surface area (Å²) in [5.74, 6) is 1.21. The van der Waals surface area contributed by atoms with Gasteiger partial charge in [-0.25, -0.2) is 9.97 Å². The molecule has 33 heavy (non-hydrogen) atoms. The molecule has 4 aromatic rings. The molecule has 2 heterocycles. The van der Waals surface area contributed by atoms with Crippen molar-refractivity contribution < 1.29 is 10.2 Å². The van der Waals surface area contributed by atoms with E-state index in [9.17, 15) is 10.2 Å². The minimum absolute atomic E-state index is 0.0723. The summed E-state index contributed by atoms with van der Waals surface area (Å²) in [4.78, 5) is 14.4. The predicted molar refractivity (Wildman–Crippen MR) is 133 cm³/mol. The number of hydrogen-bond acceptors (Lipinski definition) is 8. The summed E-state index contributed by atoms with van der Waals surface area (Å²) < 4.78 is 1.10. The third-order valence-electron chi connectivity index (χ3n) is 6.20. The van der Waals surface area contributed by atoms with Crippen molar-refractivity contribution in [2.24, 2.45) is 5.92 Å². The maximum Gasteiger partial charge on any atom is 0.229 e. The highest BCUT2D eigenvalue weighted by Gasteiger charge is 2.33. The molecule has 0 amide bonds. The van der Waals surface area contributed by atoms with Crippen LogP contribution in [0.1, 0.15) is 24.1 Å². The average Bonchev–Trinajstić information content (AvgIpc) is 3.38. The van der Waals surface area contributed by atoms with Gasteiger partial charge in [0.1, 0.15) is 10.8 Å². The minimum atomic E-state index is -0.548. The summed E-state index contributed by atoms with van der Waals surface area (Å²) in [5.41, 5.74) is 4.61. The monoisotopic (exact) mass is 461 g/mol. The lowest BCUT2D eigenvalue weighted by molar-refractivity contribution is 0.157. The van der Waals surface area contributed by atoms with Gasteiger partial charge in [0, 0.05) is 12.3 Å². The van der Waals surface area contributed by atoms with Gasteiger partial charge >= 0.3 is 0 Å². The van der Waals surface area contributed by atoms with Gasteiger partial charge in [0.2, 0.25) is 5.95 Å². The lowest BCUT2D eigenvalue weighted by Gasteiger charge is -2.20. The normalized spacial score (nSPS) is 20.3. The van der Waals surface area contributed by atoms with Crippen molar-refractivity contribution in [2.75, 3.05) is 17.2 Å². The second-order valence-corrected chi connectivity index (χ2v) is 9.65. The summed E-state index contributed by atoms with van der Waals surface area (Å²) in [6.45, 7) is 4.06. The molecule has 2 aromatic heterocycles. The van der Waals surface area contributed by atoms with E-state index in [0.29, 0.717) is 24.6 Å². The molecule has 4 N–H and O–H groups in total. The van der Waals surface area contributed by atoms with Gasteiger partial charge in [-0.05, 0) is 56.4 Å². The number of aryl methyl sites for hydroxylation is 2. The number of nitrogens with zero attached hydrogens (tertiary/aromatic N) is 3. The van der Waals surface area contributed by atoms with Crippen molar-refractivity contribution in [3.05, 3.63) is 59.8 Å². The molecule has 170 valence electrons. The van der Waals surface area contributed by atoms with Crippen molar-refractivity contribution in [3.8, 4) is 10.6 Å². The fourth-order valence-electron chi connectivity index (χ4n) is 4.40. The van der Waals surface area contributed by atoms with Crippen LogP contribution in [0.4, 0.5) is 17.5 Å². The fraction of sp³-hybridized carbons (Fsp3) is 0.320. The predicted octanol–water partition coefficient (Wildman–Crippen LogP) is 4.66. The molecule has 2 aromatic carbocycles. The van der Waals surface area contributed by atoms with Gasteiger partial charge in [-0.15, -0.1) is 11.3 Å². The van der Waals surface area contributed by atoms with E-state index in [1.807, 2.05) is 56.3 Å². The number of aliphatic hydroxyl groups excluding tert-OH is 2. The Morgan fingerprint density at radius 1 is 1.00 bits per heavy atom. The second-order valence-electron chi connectivity index (χ2n) is 8.62. The molecule has 0 saturated heterocycles. The minimum Gasteiger partial charge on any atom is -0.396 e. The van der Waals surface area contributed by atoms with Crippen LogP contribution in [0.3, 0.4) is 0 Å². The number of hydrogen-bond donors (Lipinski definition) is 4. The topological polar surface area (TPSA) is 103 Å².